The third-order valence-electron chi connectivity index (χ3n) is 15.7. The molecule has 0 saturated carbocycles. The fraction of sp³-hybridized carbons (Fsp3) is 0.552. The smallest absolute Gasteiger partial charge is 0.251 e. The molecule has 0 unspecified atom stereocenters. The summed E-state index contributed by atoms with van der Waals surface area (Å²) in [5.74, 6) is -3.66. The van der Waals surface area contributed by atoms with E-state index in [9.17, 15) is 38.4 Å². The van der Waals surface area contributed by atoms with Gasteiger partial charge in [0.15, 0.2) is 0 Å². The number of fused-ring (bicyclic) bond motifs is 2. The second-order valence-corrected chi connectivity index (χ2v) is 23.6. The number of nitrogens with one attached hydrogen (secondary N) is 8. The summed E-state index contributed by atoms with van der Waals surface area (Å²) in [7, 11) is 3.29. The lowest BCUT2D eigenvalue weighted by Gasteiger charge is -2.36. The molecule has 2 aliphatic heterocycles. The molecule has 3 aromatic rings. The lowest BCUT2D eigenvalue weighted by Crippen LogP contribution is -2.59. The number of nitrogens with zero attached hydrogens (tertiary/aromatic N) is 2. The van der Waals surface area contributed by atoms with Crippen LogP contribution in [0, 0.1) is 10.8 Å². The molecule has 2 fully saturated rings. The van der Waals surface area contributed by atoms with E-state index in [1.807, 2.05) is 77.9 Å². The molecule has 4 aliphatic rings. The number of halogens is 2. The van der Waals surface area contributed by atoms with E-state index in [2.05, 4.69) is 54.7 Å². The molecule has 21 heteroatoms. The van der Waals surface area contributed by atoms with Gasteiger partial charge >= 0.3 is 0 Å². The Morgan fingerprint density at radius 3 is 1.28 bits per heavy atom. The minimum atomic E-state index is -1.02. The predicted octanol–water partition coefficient (Wildman–Crippen LogP) is 4.18. The summed E-state index contributed by atoms with van der Waals surface area (Å²) in [5.41, 5.74) is 9.42. The van der Waals surface area contributed by atoms with Crippen molar-refractivity contribution >= 4 is 77.8 Å². The Morgan fingerprint density at radius 2 is 0.924 bits per heavy atom. The number of carbonyl (C=O) groups is 8. The van der Waals surface area contributed by atoms with E-state index in [0.29, 0.717) is 12.8 Å². The first-order valence-corrected chi connectivity index (χ1v) is 27.2. The van der Waals surface area contributed by atoms with Crippen LogP contribution in [0.2, 0.25) is 0 Å². The standard InChI is InChI=1S/C58H81N11O8.2ClH/c1-32(60-9)49(70)66-47(57(3,4)5)55(76)68-30-39(28-45(68)53(74)64-43-23-15-19-34-17-11-13-21-41(34)43)62-51(72)36-25-37(27-38(59)26-36)52(73)63-40-29-46(54(75)65-44-24-16-20-35-18-12-14-22-42(35)44)69(31-40)56(77)48(58(6,7)8)67-50(71)33(2)61-10;;/h11-14,17-18,21-22,25-27,32-33,39-40,43-48,60-61H,15-16,19-20,23-24,28-31,59H2,1-10H3,(H,62,72)(H,63,73)(H,64,74)(H,65,75)(H,66,70)(H,67,71);2*1H/t32-,33-,39-,40-,43+,44+,45-,46-,47+,48+;;/m0../s1. The lowest BCUT2D eigenvalue weighted by atomic mass is 9.85. The van der Waals surface area contributed by atoms with E-state index in [-0.39, 0.29) is 103 Å². The molecule has 0 bridgehead atoms. The second kappa shape index (κ2) is 26.8. The first-order chi connectivity index (χ1) is 36.4. The number of aryl methyl sites for hydroxylation is 2. The third kappa shape index (κ3) is 15.1. The maximum atomic E-state index is 14.7. The first kappa shape index (κ1) is 63.6. The summed E-state index contributed by atoms with van der Waals surface area (Å²) in [6.45, 7) is 14.3. The van der Waals surface area contributed by atoms with E-state index in [0.717, 1.165) is 47.9 Å². The third-order valence-corrected chi connectivity index (χ3v) is 15.7. The van der Waals surface area contributed by atoms with Crippen LogP contribution in [0.5, 0.6) is 0 Å². The van der Waals surface area contributed by atoms with Gasteiger partial charge in [0.05, 0.1) is 24.2 Å². The Bertz CT molecular complexity index is 2550. The average molecular weight is 1130 g/mol. The number of hydrogen-bond donors (Lipinski definition) is 9. The van der Waals surface area contributed by atoms with Crippen LogP contribution >= 0.6 is 24.8 Å². The minimum Gasteiger partial charge on any atom is -0.399 e. The van der Waals surface area contributed by atoms with E-state index in [1.165, 1.54) is 28.0 Å². The van der Waals surface area contributed by atoms with Gasteiger partial charge in [-0.2, -0.15) is 0 Å². The summed E-state index contributed by atoms with van der Waals surface area (Å²) in [5, 5.41) is 24.0. The predicted molar refractivity (Wildman–Crippen MR) is 308 cm³/mol. The van der Waals surface area contributed by atoms with Gasteiger partial charge in [-0.3, -0.25) is 38.4 Å². The molecule has 3 aromatic carbocycles. The Kier molecular flexibility index (Phi) is 21.5. The van der Waals surface area contributed by atoms with Crippen molar-refractivity contribution in [1.82, 2.24) is 52.3 Å². The minimum absolute atomic E-state index is 0. The van der Waals surface area contributed by atoms with Crippen LogP contribution in [0.1, 0.15) is 149 Å². The van der Waals surface area contributed by atoms with Gasteiger partial charge in [-0.1, -0.05) is 90.1 Å². The molecule has 0 radical (unpaired) electrons. The molecule has 0 aromatic heterocycles. The molecule has 432 valence electrons. The number of likely N-dealkylation sites (N-methyl/N-ethyl adjacent to an activating group) is 2. The van der Waals surface area contributed by atoms with Crippen molar-refractivity contribution in [3.63, 3.8) is 0 Å². The highest BCUT2D eigenvalue weighted by atomic mass is 35.5. The highest BCUT2D eigenvalue weighted by Gasteiger charge is 2.48. The number of nitrogen functional groups attached to an aromatic ring is 1. The molecule has 7 rings (SSSR count). The highest BCUT2D eigenvalue weighted by Crippen LogP contribution is 2.34. The Hall–Kier alpha value is -6.28. The van der Waals surface area contributed by atoms with Gasteiger partial charge in [0, 0.05) is 42.0 Å². The summed E-state index contributed by atoms with van der Waals surface area (Å²) in [6, 6.07) is 13.0. The number of likely N-dealkylation sites (tertiary alicyclic amines) is 2. The van der Waals surface area contributed by atoms with E-state index < -0.39 is 82.8 Å². The quantitative estimate of drug-likeness (QED) is 0.0920. The first-order valence-electron chi connectivity index (χ1n) is 27.2. The fourth-order valence-electron chi connectivity index (χ4n) is 11.1. The number of carbonyl (C=O) groups excluding carboxylic acids is 8. The van der Waals surface area contributed by atoms with Gasteiger partial charge < -0.3 is 58.1 Å². The van der Waals surface area contributed by atoms with Crippen molar-refractivity contribution in [2.24, 2.45) is 10.8 Å². The average Bonchev–Trinajstić information content (AvgIpc) is 4.15. The fourth-order valence-corrected chi connectivity index (χ4v) is 11.1. The normalized spacial score (nSPS) is 22.2. The Balaban J connectivity index is 0.00000574. The van der Waals surface area contributed by atoms with Gasteiger partial charge in [0.2, 0.25) is 35.4 Å². The van der Waals surface area contributed by atoms with Crippen LogP contribution in [0.25, 0.3) is 0 Å². The van der Waals surface area contributed by atoms with Crippen LogP contribution in [0.3, 0.4) is 0 Å². The SMILES string of the molecule is CN[C@@H](C)C(=O)N[C@H](C(=O)N1C[C@@H](NC(=O)c2cc(N)cc(C(=O)N[C@H]3C[C@@H](C(=O)N[C@@H]4CCCc5ccccc54)N(C(=O)[C@@H](NC(=O)[C@H](C)NC)C(C)(C)C)C3)c2)C[C@H]1C(=O)N[C@@H]1CCCc2ccccc21)C(C)(C)C.Cl.Cl. The van der Waals surface area contributed by atoms with Crippen molar-refractivity contribution in [2.45, 2.75) is 167 Å². The van der Waals surface area contributed by atoms with Gasteiger partial charge in [-0.05, 0) is 131 Å². The molecular weight excluding hydrogens is 1050 g/mol. The van der Waals surface area contributed by atoms with Gasteiger partial charge in [-0.25, -0.2) is 0 Å². The van der Waals surface area contributed by atoms with Gasteiger partial charge in [0.25, 0.3) is 11.8 Å². The van der Waals surface area contributed by atoms with Crippen LogP contribution < -0.4 is 48.3 Å². The molecule has 2 saturated heterocycles. The number of anilines is 1. The van der Waals surface area contributed by atoms with Crippen LogP contribution in [-0.2, 0) is 41.6 Å². The van der Waals surface area contributed by atoms with E-state index in [4.69, 9.17) is 5.73 Å². The highest BCUT2D eigenvalue weighted by molar-refractivity contribution is 6.02. The van der Waals surface area contributed by atoms with Crippen molar-refractivity contribution in [3.8, 4) is 0 Å². The maximum absolute atomic E-state index is 14.7. The molecule has 10 atom stereocenters. The van der Waals surface area contributed by atoms with Crippen molar-refractivity contribution < 1.29 is 38.4 Å². The van der Waals surface area contributed by atoms with Crippen molar-refractivity contribution in [2.75, 3.05) is 32.9 Å². The topological polar surface area (TPSA) is 265 Å². The zero-order chi connectivity index (χ0) is 56.1. The molecule has 79 heavy (non-hydrogen) atoms. The Labute approximate surface area is 477 Å². The number of nitrogens with two attached hydrogens (primary N) is 1. The van der Waals surface area contributed by atoms with Crippen molar-refractivity contribution in [1.29, 1.82) is 0 Å². The monoisotopic (exact) mass is 1130 g/mol. The van der Waals surface area contributed by atoms with Crippen LogP contribution in [-0.4, -0.2) is 133 Å². The van der Waals surface area contributed by atoms with Crippen molar-refractivity contribution in [3.05, 3.63) is 100 Å². The largest absolute Gasteiger partial charge is 0.399 e. The number of amides is 8. The molecule has 10 N–H and O–H groups in total. The summed E-state index contributed by atoms with van der Waals surface area (Å²) in [6.07, 6.45) is 5.10. The summed E-state index contributed by atoms with van der Waals surface area (Å²) < 4.78 is 0. The zero-order valence-electron chi connectivity index (χ0n) is 47.2. The molecule has 19 nitrogen and oxygen atoms in total. The molecular formula is C58H83Cl2N11O8. The summed E-state index contributed by atoms with van der Waals surface area (Å²) >= 11 is 0. The van der Waals surface area contributed by atoms with Crippen LogP contribution in [0.15, 0.2) is 66.7 Å². The number of hydrogen-bond acceptors (Lipinski definition) is 11. The number of benzene rings is 3. The van der Waals surface area contributed by atoms with Crippen LogP contribution in [0.4, 0.5) is 5.69 Å². The van der Waals surface area contributed by atoms with Gasteiger partial charge in [0.1, 0.15) is 24.2 Å². The molecule has 2 aliphatic carbocycles. The summed E-state index contributed by atoms with van der Waals surface area (Å²) in [4.78, 5) is 116. The number of rotatable bonds is 16. The zero-order valence-corrected chi connectivity index (χ0v) is 48.9. The van der Waals surface area contributed by atoms with E-state index >= 15 is 0 Å². The molecule has 2 heterocycles. The lowest BCUT2D eigenvalue weighted by molar-refractivity contribution is -0.144. The molecule has 0 spiro atoms. The molecule has 8 amide bonds. The maximum Gasteiger partial charge on any atom is 0.251 e. The Morgan fingerprint density at radius 1 is 0.557 bits per heavy atom. The second-order valence-electron chi connectivity index (χ2n) is 23.6. The van der Waals surface area contributed by atoms with Gasteiger partial charge in [-0.15, -0.1) is 24.8 Å². The van der Waals surface area contributed by atoms with E-state index in [1.54, 1.807) is 27.9 Å².